The number of piperidine rings is 1. The van der Waals surface area contributed by atoms with Crippen LogP contribution in [0.4, 0.5) is 0 Å². The fourth-order valence-electron chi connectivity index (χ4n) is 3.50. The highest BCUT2D eigenvalue weighted by molar-refractivity contribution is 5.76. The van der Waals surface area contributed by atoms with E-state index in [1.165, 1.54) is 12.0 Å². The average molecular weight is 288 g/mol. The van der Waals surface area contributed by atoms with Crippen molar-refractivity contribution in [2.75, 3.05) is 19.6 Å². The number of carbonyl (C=O) groups excluding carboxylic acids is 1. The molecule has 4 nitrogen and oxygen atoms in total. The number of amides is 1. The molecule has 1 aromatic carbocycles. The smallest absolute Gasteiger partial charge is 0.223 e. The van der Waals surface area contributed by atoms with E-state index >= 15 is 0 Å². The lowest BCUT2D eigenvalue weighted by atomic mass is 10.1. The van der Waals surface area contributed by atoms with Crippen molar-refractivity contribution in [2.45, 2.75) is 44.6 Å². The highest BCUT2D eigenvalue weighted by atomic mass is 16.3. The molecule has 0 spiro atoms. The maximum absolute atomic E-state index is 12.1. The number of rotatable bonds is 4. The minimum atomic E-state index is 0.274. The Balaban J connectivity index is 1.49. The summed E-state index contributed by atoms with van der Waals surface area (Å²) in [7, 11) is 0. The molecule has 3 rings (SSSR count). The lowest BCUT2D eigenvalue weighted by Gasteiger charge is -2.27. The van der Waals surface area contributed by atoms with Crippen molar-refractivity contribution < 1.29 is 9.90 Å². The van der Waals surface area contributed by atoms with Gasteiger partial charge in [-0.15, -0.1) is 0 Å². The molecule has 4 heteroatoms. The minimum absolute atomic E-state index is 0.274. The lowest BCUT2D eigenvalue weighted by Crippen LogP contribution is -2.37. The van der Waals surface area contributed by atoms with Gasteiger partial charge in [-0.2, -0.15) is 0 Å². The Labute approximate surface area is 126 Å². The number of likely N-dealkylation sites (tertiary alicyclic amines) is 1. The zero-order valence-corrected chi connectivity index (χ0v) is 12.5. The van der Waals surface area contributed by atoms with E-state index in [1.807, 2.05) is 11.0 Å². The third-order valence-corrected chi connectivity index (χ3v) is 4.68. The number of phenols is 1. The van der Waals surface area contributed by atoms with Crippen LogP contribution in [-0.4, -0.2) is 35.5 Å². The third kappa shape index (κ3) is 3.21. The number of hydrogen-bond donors (Lipinski definition) is 2. The van der Waals surface area contributed by atoms with Crippen molar-refractivity contribution >= 4 is 5.91 Å². The number of phenolic OH excluding ortho intramolecular Hbond substituents is 1. The molecule has 1 amide bonds. The maximum atomic E-state index is 12.1. The van der Waals surface area contributed by atoms with Gasteiger partial charge in [-0.1, -0.05) is 12.1 Å². The summed E-state index contributed by atoms with van der Waals surface area (Å²) < 4.78 is 0. The Kier molecular flexibility index (Phi) is 4.44. The molecule has 1 aromatic rings. The van der Waals surface area contributed by atoms with Crippen LogP contribution in [0.5, 0.6) is 5.75 Å². The second kappa shape index (κ2) is 6.48. The summed E-state index contributed by atoms with van der Waals surface area (Å²) >= 11 is 0. The van der Waals surface area contributed by atoms with Gasteiger partial charge in [0.25, 0.3) is 0 Å². The molecule has 1 fully saturated rings. The van der Waals surface area contributed by atoms with E-state index in [1.54, 1.807) is 6.07 Å². The van der Waals surface area contributed by atoms with Gasteiger partial charge in [0.05, 0.1) is 0 Å². The van der Waals surface area contributed by atoms with Crippen LogP contribution in [0.15, 0.2) is 18.2 Å². The molecule has 1 aliphatic carbocycles. The first-order chi connectivity index (χ1) is 10.3. The van der Waals surface area contributed by atoms with Crippen molar-refractivity contribution in [3.05, 3.63) is 29.3 Å². The summed E-state index contributed by atoms with van der Waals surface area (Å²) in [5.74, 6) is 0.678. The monoisotopic (exact) mass is 288 g/mol. The SMILES string of the molecule is O=C(CCNC1CCc2c(O)cccc21)N1CCCCC1. The van der Waals surface area contributed by atoms with Gasteiger partial charge >= 0.3 is 0 Å². The van der Waals surface area contributed by atoms with Crippen LogP contribution in [0.25, 0.3) is 0 Å². The minimum Gasteiger partial charge on any atom is -0.508 e. The molecule has 2 aliphatic rings. The van der Waals surface area contributed by atoms with Gasteiger partial charge in [-0.25, -0.2) is 0 Å². The van der Waals surface area contributed by atoms with Crippen LogP contribution in [0.1, 0.15) is 49.3 Å². The Bertz CT molecular complexity index is 510. The van der Waals surface area contributed by atoms with Crippen LogP contribution >= 0.6 is 0 Å². The van der Waals surface area contributed by atoms with Gasteiger partial charge in [-0.3, -0.25) is 4.79 Å². The van der Waals surface area contributed by atoms with E-state index < -0.39 is 0 Å². The van der Waals surface area contributed by atoms with E-state index in [0.29, 0.717) is 12.2 Å². The van der Waals surface area contributed by atoms with Crippen LogP contribution in [0, 0.1) is 0 Å². The first kappa shape index (κ1) is 14.4. The molecule has 2 N–H and O–H groups in total. The molecule has 1 saturated heterocycles. The van der Waals surface area contributed by atoms with Crippen LogP contribution in [-0.2, 0) is 11.2 Å². The number of benzene rings is 1. The standard InChI is InChI=1S/C17H24N2O2/c20-16-6-4-5-13-14(16)7-8-15(13)18-10-9-17(21)19-11-2-1-3-12-19/h4-6,15,18,20H,1-3,7-12H2. The van der Waals surface area contributed by atoms with E-state index in [2.05, 4.69) is 11.4 Å². The lowest BCUT2D eigenvalue weighted by molar-refractivity contribution is -0.132. The summed E-state index contributed by atoms with van der Waals surface area (Å²) in [6, 6.07) is 6.00. The third-order valence-electron chi connectivity index (χ3n) is 4.68. The fourth-order valence-corrected chi connectivity index (χ4v) is 3.50. The molecule has 1 aliphatic heterocycles. The first-order valence-electron chi connectivity index (χ1n) is 8.07. The summed E-state index contributed by atoms with van der Waals surface area (Å²) in [5.41, 5.74) is 2.26. The predicted molar refractivity (Wildman–Crippen MR) is 82.2 cm³/mol. The van der Waals surface area contributed by atoms with E-state index in [0.717, 1.165) is 50.9 Å². The van der Waals surface area contributed by atoms with Gasteiger partial charge in [0, 0.05) is 32.1 Å². The zero-order valence-electron chi connectivity index (χ0n) is 12.5. The topological polar surface area (TPSA) is 52.6 Å². The quantitative estimate of drug-likeness (QED) is 0.894. The highest BCUT2D eigenvalue weighted by Gasteiger charge is 2.24. The summed E-state index contributed by atoms with van der Waals surface area (Å²) in [5, 5.41) is 13.3. The Morgan fingerprint density at radius 2 is 2.10 bits per heavy atom. The molecule has 1 heterocycles. The zero-order chi connectivity index (χ0) is 14.7. The molecule has 1 unspecified atom stereocenters. The van der Waals surface area contributed by atoms with Crippen molar-refractivity contribution in [3.63, 3.8) is 0 Å². The second-order valence-corrected chi connectivity index (χ2v) is 6.08. The van der Waals surface area contributed by atoms with Crippen molar-refractivity contribution in [1.29, 1.82) is 0 Å². The highest BCUT2D eigenvalue weighted by Crippen LogP contribution is 2.36. The van der Waals surface area contributed by atoms with Crippen molar-refractivity contribution in [3.8, 4) is 5.75 Å². The van der Waals surface area contributed by atoms with Gasteiger partial charge in [0.1, 0.15) is 5.75 Å². The number of nitrogens with one attached hydrogen (secondary N) is 1. The second-order valence-electron chi connectivity index (χ2n) is 6.08. The molecule has 21 heavy (non-hydrogen) atoms. The fraction of sp³-hybridized carbons (Fsp3) is 0.588. The molecule has 0 bridgehead atoms. The normalized spacial score (nSPS) is 21.3. The van der Waals surface area contributed by atoms with Gasteiger partial charge < -0.3 is 15.3 Å². The number of hydrogen-bond acceptors (Lipinski definition) is 3. The molecule has 1 atom stereocenters. The van der Waals surface area contributed by atoms with E-state index in [-0.39, 0.29) is 11.9 Å². The number of nitrogens with zero attached hydrogens (tertiary/aromatic N) is 1. The Morgan fingerprint density at radius 3 is 2.90 bits per heavy atom. The van der Waals surface area contributed by atoms with Crippen LogP contribution in [0.2, 0.25) is 0 Å². The Hall–Kier alpha value is -1.55. The van der Waals surface area contributed by atoms with Gasteiger partial charge in [0.2, 0.25) is 5.91 Å². The average Bonchev–Trinajstić information content (AvgIpc) is 2.93. The van der Waals surface area contributed by atoms with Crippen LogP contribution < -0.4 is 5.32 Å². The summed E-state index contributed by atoms with van der Waals surface area (Å²) in [6.45, 7) is 2.58. The molecule has 0 saturated carbocycles. The van der Waals surface area contributed by atoms with Gasteiger partial charge in [-0.05, 0) is 49.3 Å². The number of fused-ring (bicyclic) bond motifs is 1. The number of carbonyl (C=O) groups is 1. The van der Waals surface area contributed by atoms with E-state index in [9.17, 15) is 9.90 Å². The van der Waals surface area contributed by atoms with Gasteiger partial charge in [0.15, 0.2) is 0 Å². The van der Waals surface area contributed by atoms with Crippen LogP contribution in [0.3, 0.4) is 0 Å². The maximum Gasteiger partial charge on any atom is 0.223 e. The van der Waals surface area contributed by atoms with E-state index in [4.69, 9.17) is 0 Å². The van der Waals surface area contributed by atoms with Crippen molar-refractivity contribution in [2.24, 2.45) is 0 Å². The molecule has 0 aromatic heterocycles. The van der Waals surface area contributed by atoms with Crippen molar-refractivity contribution in [1.82, 2.24) is 10.2 Å². The number of aromatic hydroxyl groups is 1. The summed E-state index contributed by atoms with van der Waals surface area (Å²) in [4.78, 5) is 14.1. The molecule has 0 radical (unpaired) electrons. The summed E-state index contributed by atoms with van der Waals surface area (Å²) in [6.07, 6.45) is 6.04. The molecule has 114 valence electrons. The predicted octanol–water partition coefficient (Wildman–Crippen LogP) is 2.37. The Morgan fingerprint density at radius 1 is 1.29 bits per heavy atom. The molecular weight excluding hydrogens is 264 g/mol. The largest absolute Gasteiger partial charge is 0.508 e. The first-order valence-corrected chi connectivity index (χ1v) is 8.07. The molecular formula is C17H24N2O2.